The molecular formula is C14H20N2O. The van der Waals surface area contributed by atoms with Gasteiger partial charge in [0.2, 0.25) is 0 Å². The molecule has 0 aliphatic heterocycles. The van der Waals surface area contributed by atoms with Gasteiger partial charge in [-0.25, -0.2) is 4.98 Å². The van der Waals surface area contributed by atoms with E-state index in [1.54, 1.807) is 6.07 Å². The molecule has 2 aliphatic carbocycles. The van der Waals surface area contributed by atoms with Crippen molar-refractivity contribution in [3.63, 3.8) is 0 Å². The molecular weight excluding hydrogens is 212 g/mol. The predicted octanol–water partition coefficient (Wildman–Crippen LogP) is 2.77. The average molecular weight is 232 g/mol. The van der Waals surface area contributed by atoms with Crippen LogP contribution in [0, 0.1) is 5.92 Å². The molecule has 0 atom stereocenters. The summed E-state index contributed by atoms with van der Waals surface area (Å²) in [6.07, 6.45) is 10.1. The molecule has 3 heteroatoms. The lowest BCUT2D eigenvalue weighted by Crippen LogP contribution is -2.16. The van der Waals surface area contributed by atoms with Gasteiger partial charge in [0.1, 0.15) is 5.82 Å². The molecule has 3 nitrogen and oxygen atoms in total. The minimum atomic E-state index is 0.0349. The monoisotopic (exact) mass is 232 g/mol. The highest BCUT2D eigenvalue weighted by molar-refractivity contribution is 5.10. The van der Waals surface area contributed by atoms with Gasteiger partial charge in [0.25, 0.3) is 5.56 Å². The van der Waals surface area contributed by atoms with Crippen molar-refractivity contribution in [1.82, 2.24) is 9.97 Å². The lowest BCUT2D eigenvalue weighted by molar-refractivity contribution is 0.354. The summed E-state index contributed by atoms with van der Waals surface area (Å²) in [5, 5.41) is 0. The van der Waals surface area contributed by atoms with E-state index in [1.807, 2.05) is 0 Å². The van der Waals surface area contributed by atoms with Crippen molar-refractivity contribution in [3.05, 3.63) is 27.9 Å². The fraction of sp³-hybridized carbons (Fsp3) is 0.714. The molecule has 1 aromatic heterocycles. The molecule has 0 spiro atoms. The Kier molecular flexibility index (Phi) is 3.00. The lowest BCUT2D eigenvalue weighted by atomic mass is 9.86. The van der Waals surface area contributed by atoms with Crippen LogP contribution in [0.3, 0.4) is 0 Å². The largest absolute Gasteiger partial charge is 0.310 e. The van der Waals surface area contributed by atoms with E-state index in [1.165, 1.54) is 44.9 Å². The van der Waals surface area contributed by atoms with Crippen LogP contribution in [0.2, 0.25) is 0 Å². The Morgan fingerprint density at radius 3 is 2.65 bits per heavy atom. The van der Waals surface area contributed by atoms with Crippen LogP contribution in [0.1, 0.15) is 62.4 Å². The molecule has 0 aromatic carbocycles. The van der Waals surface area contributed by atoms with Gasteiger partial charge in [-0.2, -0.15) is 0 Å². The van der Waals surface area contributed by atoms with Crippen LogP contribution in [-0.4, -0.2) is 9.97 Å². The standard InChI is InChI=1S/C14H20N2O/c17-13-9-12(8-10-4-2-1-3-5-10)15-14(16-13)11-6-7-11/h9-11H,1-8H2,(H,15,16,17). The van der Waals surface area contributed by atoms with Gasteiger partial charge in [-0.15, -0.1) is 0 Å². The molecule has 2 aliphatic rings. The molecule has 0 radical (unpaired) electrons. The van der Waals surface area contributed by atoms with E-state index in [4.69, 9.17) is 0 Å². The quantitative estimate of drug-likeness (QED) is 0.871. The lowest BCUT2D eigenvalue weighted by Gasteiger charge is -2.21. The second-order valence-corrected chi connectivity index (χ2v) is 5.60. The van der Waals surface area contributed by atoms with E-state index < -0.39 is 0 Å². The third-order valence-corrected chi connectivity index (χ3v) is 4.00. The minimum Gasteiger partial charge on any atom is -0.310 e. The minimum absolute atomic E-state index is 0.0349. The Morgan fingerprint density at radius 2 is 1.94 bits per heavy atom. The first-order valence-corrected chi connectivity index (χ1v) is 6.91. The molecule has 92 valence electrons. The van der Waals surface area contributed by atoms with Gasteiger partial charge >= 0.3 is 0 Å². The second-order valence-electron chi connectivity index (χ2n) is 5.60. The van der Waals surface area contributed by atoms with Gasteiger partial charge in [0.05, 0.1) is 0 Å². The van der Waals surface area contributed by atoms with E-state index >= 15 is 0 Å². The van der Waals surface area contributed by atoms with Gasteiger partial charge in [-0.05, 0) is 25.2 Å². The first-order chi connectivity index (χ1) is 8.31. The summed E-state index contributed by atoms with van der Waals surface area (Å²) in [6.45, 7) is 0. The van der Waals surface area contributed by atoms with Gasteiger partial charge in [-0.1, -0.05) is 32.1 Å². The van der Waals surface area contributed by atoms with Crippen LogP contribution in [0.5, 0.6) is 0 Å². The zero-order valence-corrected chi connectivity index (χ0v) is 10.2. The summed E-state index contributed by atoms with van der Waals surface area (Å²) in [6, 6.07) is 1.69. The third-order valence-electron chi connectivity index (χ3n) is 4.00. The maximum atomic E-state index is 11.6. The van der Waals surface area contributed by atoms with Crippen molar-refractivity contribution in [2.45, 2.75) is 57.3 Å². The first kappa shape index (κ1) is 11.0. The number of rotatable bonds is 3. The van der Waals surface area contributed by atoms with Gasteiger partial charge in [-0.3, -0.25) is 4.79 Å². The molecule has 1 N–H and O–H groups in total. The van der Waals surface area contributed by atoms with E-state index in [2.05, 4.69) is 9.97 Å². The maximum absolute atomic E-state index is 11.6. The summed E-state index contributed by atoms with van der Waals surface area (Å²) >= 11 is 0. The normalized spacial score (nSPS) is 21.6. The summed E-state index contributed by atoms with van der Waals surface area (Å²) in [5.74, 6) is 2.22. The highest BCUT2D eigenvalue weighted by Gasteiger charge is 2.26. The summed E-state index contributed by atoms with van der Waals surface area (Å²) in [7, 11) is 0. The van der Waals surface area contributed by atoms with Crippen LogP contribution in [0.25, 0.3) is 0 Å². The average Bonchev–Trinajstić information content (AvgIpc) is 3.13. The number of H-pyrrole nitrogens is 1. The molecule has 17 heavy (non-hydrogen) atoms. The topological polar surface area (TPSA) is 45.8 Å². The van der Waals surface area contributed by atoms with Gasteiger partial charge in [0.15, 0.2) is 0 Å². The van der Waals surface area contributed by atoms with Crippen molar-refractivity contribution >= 4 is 0 Å². The smallest absolute Gasteiger partial charge is 0.251 e. The van der Waals surface area contributed by atoms with Crippen molar-refractivity contribution in [3.8, 4) is 0 Å². The molecule has 0 unspecified atom stereocenters. The summed E-state index contributed by atoms with van der Waals surface area (Å²) in [5.41, 5.74) is 1.05. The number of hydrogen-bond donors (Lipinski definition) is 1. The summed E-state index contributed by atoms with van der Waals surface area (Å²) < 4.78 is 0. The number of aromatic amines is 1. The van der Waals surface area contributed by atoms with E-state index in [9.17, 15) is 4.79 Å². The molecule has 3 rings (SSSR count). The van der Waals surface area contributed by atoms with Gasteiger partial charge in [0, 0.05) is 17.7 Å². The molecule has 2 saturated carbocycles. The number of hydrogen-bond acceptors (Lipinski definition) is 2. The number of nitrogens with one attached hydrogen (secondary N) is 1. The van der Waals surface area contributed by atoms with E-state index in [-0.39, 0.29) is 5.56 Å². The fourth-order valence-corrected chi connectivity index (χ4v) is 2.87. The van der Waals surface area contributed by atoms with Crippen LogP contribution in [0.4, 0.5) is 0 Å². The number of nitrogens with zero attached hydrogens (tertiary/aromatic N) is 1. The van der Waals surface area contributed by atoms with Gasteiger partial charge < -0.3 is 4.98 Å². The van der Waals surface area contributed by atoms with Crippen molar-refractivity contribution < 1.29 is 0 Å². The Morgan fingerprint density at radius 1 is 1.18 bits per heavy atom. The third kappa shape index (κ3) is 2.76. The van der Waals surface area contributed by atoms with Crippen LogP contribution >= 0.6 is 0 Å². The van der Waals surface area contributed by atoms with Crippen molar-refractivity contribution in [2.75, 3.05) is 0 Å². The Bertz CT molecular complexity index is 442. The Balaban J connectivity index is 1.74. The zero-order valence-electron chi connectivity index (χ0n) is 10.2. The SMILES string of the molecule is O=c1cc(CC2CCCCC2)nc(C2CC2)[nH]1. The van der Waals surface area contributed by atoms with E-state index in [0.717, 1.165) is 23.9 Å². The van der Waals surface area contributed by atoms with Crippen molar-refractivity contribution in [2.24, 2.45) is 5.92 Å². The zero-order chi connectivity index (χ0) is 11.7. The molecule has 1 heterocycles. The van der Waals surface area contributed by atoms with E-state index in [0.29, 0.717) is 5.92 Å². The molecule has 0 amide bonds. The molecule has 0 bridgehead atoms. The van der Waals surface area contributed by atoms with Crippen molar-refractivity contribution in [1.29, 1.82) is 0 Å². The second kappa shape index (κ2) is 4.63. The first-order valence-electron chi connectivity index (χ1n) is 6.91. The highest BCUT2D eigenvalue weighted by Crippen LogP contribution is 2.37. The predicted molar refractivity (Wildman–Crippen MR) is 67.1 cm³/mol. The van der Waals surface area contributed by atoms with Crippen LogP contribution < -0.4 is 5.56 Å². The molecule has 2 fully saturated rings. The Labute approximate surface area is 102 Å². The Hall–Kier alpha value is -1.12. The fourth-order valence-electron chi connectivity index (χ4n) is 2.87. The summed E-state index contributed by atoms with van der Waals surface area (Å²) in [4.78, 5) is 19.1. The maximum Gasteiger partial charge on any atom is 0.251 e. The van der Waals surface area contributed by atoms with Crippen LogP contribution in [0.15, 0.2) is 10.9 Å². The number of aromatic nitrogens is 2. The van der Waals surface area contributed by atoms with Crippen LogP contribution in [-0.2, 0) is 6.42 Å². The molecule has 0 saturated heterocycles. The highest BCUT2D eigenvalue weighted by atomic mass is 16.1. The molecule has 1 aromatic rings.